The minimum atomic E-state index is -1.40. The predicted octanol–water partition coefficient (Wildman–Crippen LogP) is 3.07. The van der Waals surface area contributed by atoms with Gasteiger partial charge in [0.2, 0.25) is 11.8 Å². The molecule has 2 aromatic rings. The number of carbonyl (C=O) groups excluding carboxylic acids is 4. The van der Waals surface area contributed by atoms with Gasteiger partial charge in [-0.3, -0.25) is 24.5 Å². The molecule has 4 rings (SSSR count). The number of imide groups is 1. The maximum absolute atomic E-state index is 13.9. The lowest BCUT2D eigenvalue weighted by Crippen LogP contribution is -2.56. The third kappa shape index (κ3) is 3.83. The molecule has 0 bridgehead atoms. The number of hydrogen-bond donors (Lipinski definition) is 1. The second-order valence-electron chi connectivity index (χ2n) is 8.90. The van der Waals surface area contributed by atoms with Crippen LogP contribution in [0.1, 0.15) is 49.2 Å². The van der Waals surface area contributed by atoms with Gasteiger partial charge in [-0.15, -0.1) is 0 Å². The predicted molar refractivity (Wildman–Crippen MR) is 131 cm³/mol. The average Bonchev–Trinajstić information content (AvgIpc) is 3.37. The lowest BCUT2D eigenvalue weighted by atomic mass is 9.78. The van der Waals surface area contributed by atoms with Crippen molar-refractivity contribution in [3.05, 3.63) is 53.6 Å². The number of esters is 1. The van der Waals surface area contributed by atoms with Gasteiger partial charge in [0.1, 0.15) is 5.54 Å². The fourth-order valence-electron chi connectivity index (χ4n) is 5.37. The third-order valence-corrected chi connectivity index (χ3v) is 7.13. The number of fused-ring (bicyclic) bond motifs is 1. The van der Waals surface area contributed by atoms with Crippen LogP contribution in [0.5, 0.6) is 11.5 Å². The fraction of sp³-hybridized carbons (Fsp3) is 0.407. The summed E-state index contributed by atoms with van der Waals surface area (Å²) in [5.74, 6) is -2.61. The number of ether oxygens (including phenoxy) is 3. The van der Waals surface area contributed by atoms with E-state index in [0.29, 0.717) is 28.3 Å². The van der Waals surface area contributed by atoms with E-state index < -0.39 is 41.2 Å². The van der Waals surface area contributed by atoms with Crippen LogP contribution in [0.3, 0.4) is 0 Å². The second kappa shape index (κ2) is 9.73. The van der Waals surface area contributed by atoms with E-state index in [-0.39, 0.29) is 18.8 Å². The number of amides is 2. The van der Waals surface area contributed by atoms with Gasteiger partial charge in [0, 0.05) is 11.6 Å². The number of nitrogens with one attached hydrogen (secondary N) is 1. The van der Waals surface area contributed by atoms with Crippen molar-refractivity contribution in [2.24, 2.45) is 11.8 Å². The number of benzene rings is 2. The molecule has 2 aromatic carbocycles. The summed E-state index contributed by atoms with van der Waals surface area (Å²) in [5, 5.41) is 3.31. The van der Waals surface area contributed by atoms with Gasteiger partial charge in [-0.05, 0) is 50.1 Å². The first kappa shape index (κ1) is 25.4. The zero-order chi connectivity index (χ0) is 26.2. The Morgan fingerprint density at radius 1 is 1.00 bits per heavy atom. The molecule has 1 N–H and O–H groups in total. The molecule has 2 aliphatic heterocycles. The van der Waals surface area contributed by atoms with Gasteiger partial charge in [0.25, 0.3) is 0 Å². The molecular formula is C27H30N2O7. The van der Waals surface area contributed by atoms with Crippen LogP contribution in [-0.2, 0) is 19.1 Å². The number of methoxy groups -OCH3 is 2. The maximum atomic E-state index is 13.9. The second-order valence-corrected chi connectivity index (χ2v) is 8.90. The van der Waals surface area contributed by atoms with Crippen molar-refractivity contribution >= 4 is 29.3 Å². The van der Waals surface area contributed by atoms with Crippen LogP contribution >= 0.6 is 0 Å². The molecule has 2 aliphatic rings. The van der Waals surface area contributed by atoms with Gasteiger partial charge >= 0.3 is 5.97 Å². The molecule has 9 heteroatoms. The molecular weight excluding hydrogens is 464 g/mol. The topological polar surface area (TPSA) is 111 Å². The Labute approximate surface area is 209 Å². The van der Waals surface area contributed by atoms with Gasteiger partial charge in [-0.25, -0.2) is 4.90 Å². The molecule has 2 amide bonds. The Morgan fingerprint density at radius 2 is 1.72 bits per heavy atom. The van der Waals surface area contributed by atoms with Gasteiger partial charge < -0.3 is 14.2 Å². The molecule has 2 fully saturated rings. The molecule has 0 aromatic heterocycles. The Morgan fingerprint density at radius 3 is 2.33 bits per heavy atom. The van der Waals surface area contributed by atoms with Crippen molar-refractivity contribution in [1.29, 1.82) is 0 Å². The quantitative estimate of drug-likeness (QED) is 0.339. The monoisotopic (exact) mass is 494 g/mol. The summed E-state index contributed by atoms with van der Waals surface area (Å²) in [6, 6.07) is 11.0. The van der Waals surface area contributed by atoms with E-state index in [9.17, 15) is 19.2 Å². The normalized spacial score (nSPS) is 25.0. The molecule has 9 nitrogen and oxygen atoms in total. The van der Waals surface area contributed by atoms with Gasteiger partial charge in [-0.2, -0.15) is 0 Å². The molecule has 0 aliphatic carbocycles. The number of rotatable bonds is 8. The number of ketones is 1. The summed E-state index contributed by atoms with van der Waals surface area (Å²) in [4.78, 5) is 54.2. The number of nitrogens with zero attached hydrogens (tertiary/aromatic N) is 1. The molecule has 0 radical (unpaired) electrons. The summed E-state index contributed by atoms with van der Waals surface area (Å²) in [5.41, 5.74) is -0.0558. The van der Waals surface area contributed by atoms with E-state index in [2.05, 4.69) is 5.32 Å². The molecule has 2 heterocycles. The van der Waals surface area contributed by atoms with Crippen LogP contribution < -0.4 is 19.7 Å². The van der Waals surface area contributed by atoms with E-state index in [4.69, 9.17) is 14.2 Å². The Balaban J connectivity index is 1.86. The van der Waals surface area contributed by atoms with Crippen molar-refractivity contribution in [1.82, 2.24) is 5.32 Å². The van der Waals surface area contributed by atoms with Crippen LogP contribution in [0.2, 0.25) is 0 Å². The van der Waals surface area contributed by atoms with Gasteiger partial charge in [-0.1, -0.05) is 25.1 Å². The van der Waals surface area contributed by atoms with Crippen molar-refractivity contribution in [2.45, 2.75) is 38.8 Å². The van der Waals surface area contributed by atoms with Crippen LogP contribution in [0.4, 0.5) is 5.69 Å². The van der Waals surface area contributed by atoms with Crippen LogP contribution in [0.15, 0.2) is 42.5 Å². The third-order valence-electron chi connectivity index (χ3n) is 7.13. The standard InChI is InChI=1S/C27H30N2O7/c1-6-27(26(33)36-7-2)22-21(23(28-27)17-11-12-19(34-4)20(14-17)35-5)24(31)29(25(22)32)18-10-8-9-16(13-18)15(3)30/h8-14,21-23,28H,6-7H2,1-5H3/t21-,22-,23-,27+/m0/s1. The first-order valence-corrected chi connectivity index (χ1v) is 11.9. The fourth-order valence-corrected chi connectivity index (χ4v) is 5.37. The Bertz CT molecular complexity index is 1230. The van der Waals surface area contributed by atoms with Gasteiger partial charge in [0.05, 0.1) is 38.3 Å². The SMILES string of the molecule is CCOC(=O)[C@]1(CC)N[C@@H](c2ccc(OC)c(OC)c2)[C@H]2C(=O)N(c3cccc(C(C)=O)c3)C(=O)[C@H]21. The smallest absolute Gasteiger partial charge is 0.327 e. The molecule has 4 atom stereocenters. The van der Waals surface area contributed by atoms with Crippen LogP contribution in [0, 0.1) is 11.8 Å². The first-order chi connectivity index (χ1) is 17.2. The lowest BCUT2D eigenvalue weighted by molar-refractivity contribution is -0.154. The van der Waals surface area contributed by atoms with E-state index in [1.54, 1.807) is 50.2 Å². The highest BCUT2D eigenvalue weighted by molar-refractivity contribution is 6.24. The van der Waals surface area contributed by atoms with E-state index in [0.717, 1.165) is 4.90 Å². The highest BCUT2D eigenvalue weighted by Gasteiger charge is 2.68. The first-order valence-electron chi connectivity index (χ1n) is 11.9. The molecule has 0 unspecified atom stereocenters. The number of hydrogen-bond acceptors (Lipinski definition) is 8. The Hall–Kier alpha value is -3.72. The highest BCUT2D eigenvalue weighted by Crippen LogP contribution is 2.52. The van der Waals surface area contributed by atoms with Crippen molar-refractivity contribution in [2.75, 3.05) is 25.7 Å². The summed E-state index contributed by atoms with van der Waals surface area (Å²) in [6.45, 7) is 5.03. The van der Waals surface area contributed by atoms with E-state index in [1.165, 1.54) is 27.2 Å². The van der Waals surface area contributed by atoms with E-state index >= 15 is 0 Å². The molecule has 0 spiro atoms. The minimum Gasteiger partial charge on any atom is -0.493 e. The number of anilines is 1. The summed E-state index contributed by atoms with van der Waals surface area (Å²) >= 11 is 0. The molecule has 0 saturated carbocycles. The van der Waals surface area contributed by atoms with Crippen molar-refractivity contribution in [3.8, 4) is 11.5 Å². The zero-order valence-corrected chi connectivity index (χ0v) is 21.0. The number of Topliss-reactive ketones (excluding diaryl/α,β-unsaturated/α-hetero) is 1. The summed E-state index contributed by atoms with van der Waals surface area (Å²) in [6.07, 6.45) is 0.233. The van der Waals surface area contributed by atoms with E-state index in [1.807, 2.05) is 0 Å². The highest BCUT2D eigenvalue weighted by atomic mass is 16.5. The van der Waals surface area contributed by atoms with Crippen LogP contribution in [-0.4, -0.2) is 49.9 Å². The van der Waals surface area contributed by atoms with Crippen LogP contribution in [0.25, 0.3) is 0 Å². The lowest BCUT2D eigenvalue weighted by Gasteiger charge is -2.32. The molecule has 190 valence electrons. The average molecular weight is 495 g/mol. The van der Waals surface area contributed by atoms with Gasteiger partial charge in [0.15, 0.2) is 17.3 Å². The summed E-state index contributed by atoms with van der Waals surface area (Å²) < 4.78 is 16.2. The Kier molecular flexibility index (Phi) is 6.86. The summed E-state index contributed by atoms with van der Waals surface area (Å²) in [7, 11) is 3.03. The largest absolute Gasteiger partial charge is 0.493 e. The maximum Gasteiger partial charge on any atom is 0.327 e. The van der Waals surface area contributed by atoms with Crippen molar-refractivity contribution in [3.63, 3.8) is 0 Å². The minimum absolute atomic E-state index is 0.132. The number of carbonyl (C=O) groups is 4. The molecule has 2 saturated heterocycles. The van der Waals surface area contributed by atoms with Crippen molar-refractivity contribution < 1.29 is 33.4 Å². The zero-order valence-electron chi connectivity index (χ0n) is 21.0. The molecule has 36 heavy (non-hydrogen) atoms.